The van der Waals surface area contributed by atoms with Crippen LogP contribution >= 0.6 is 0 Å². The predicted octanol–water partition coefficient (Wildman–Crippen LogP) is 10.9. The number of allylic oxidation sites excluding steroid dienone is 1. The maximum Gasteiger partial charge on any atom is -0.00235 e. The van der Waals surface area contributed by atoms with Gasteiger partial charge in [-0.3, -0.25) is 0 Å². The summed E-state index contributed by atoms with van der Waals surface area (Å²) in [6, 6.07) is 51.3. The van der Waals surface area contributed by atoms with E-state index in [1.807, 2.05) is 0 Å². The van der Waals surface area contributed by atoms with Crippen LogP contribution in [0.5, 0.6) is 0 Å². The minimum absolute atomic E-state index is 1.08. The molecule has 1 aliphatic carbocycles. The van der Waals surface area contributed by atoms with Crippen LogP contribution in [0.25, 0.3) is 60.1 Å². The van der Waals surface area contributed by atoms with Crippen molar-refractivity contribution in [3.05, 3.63) is 162 Å². The molecule has 188 valence electrons. The fourth-order valence-corrected chi connectivity index (χ4v) is 6.66. The molecule has 0 N–H and O–H groups in total. The Morgan fingerprint density at radius 3 is 1.65 bits per heavy atom. The van der Waals surface area contributed by atoms with E-state index in [2.05, 4.69) is 146 Å². The van der Waals surface area contributed by atoms with Gasteiger partial charge >= 0.3 is 0 Å². The summed E-state index contributed by atoms with van der Waals surface area (Å²) in [5.74, 6) is 0. The van der Waals surface area contributed by atoms with Crippen molar-refractivity contribution < 1.29 is 0 Å². The molecule has 0 spiro atoms. The Hall–Kier alpha value is -4.94. The van der Waals surface area contributed by atoms with Crippen molar-refractivity contribution in [3.8, 4) is 22.3 Å². The highest BCUT2D eigenvalue weighted by molar-refractivity contribution is 6.20. The highest BCUT2D eigenvalue weighted by Crippen LogP contribution is 2.45. The predicted molar refractivity (Wildman–Crippen MR) is 172 cm³/mol. The number of hydrogen-bond acceptors (Lipinski definition) is 0. The first kappa shape index (κ1) is 23.0. The van der Waals surface area contributed by atoms with E-state index in [4.69, 9.17) is 0 Å². The van der Waals surface area contributed by atoms with Crippen molar-refractivity contribution in [2.75, 3.05) is 0 Å². The van der Waals surface area contributed by atoms with Gasteiger partial charge in [0.25, 0.3) is 0 Å². The minimum Gasteiger partial charge on any atom is -0.0757 e. The minimum atomic E-state index is 1.08. The van der Waals surface area contributed by atoms with Gasteiger partial charge in [0.05, 0.1) is 0 Å². The van der Waals surface area contributed by atoms with Crippen LogP contribution in [-0.4, -0.2) is 0 Å². The van der Waals surface area contributed by atoms with E-state index >= 15 is 0 Å². The lowest BCUT2D eigenvalue weighted by atomic mass is 9.80. The number of rotatable bonds is 3. The van der Waals surface area contributed by atoms with E-state index in [0.717, 1.165) is 12.8 Å². The summed E-state index contributed by atoms with van der Waals surface area (Å²) < 4.78 is 0. The van der Waals surface area contributed by atoms with Crippen LogP contribution < -0.4 is 0 Å². The first-order valence-corrected chi connectivity index (χ1v) is 14.2. The Balaban J connectivity index is 1.37. The Morgan fingerprint density at radius 1 is 0.400 bits per heavy atom. The second-order valence-electron chi connectivity index (χ2n) is 10.8. The first-order chi connectivity index (χ1) is 19.8. The van der Waals surface area contributed by atoms with Crippen LogP contribution in [0.3, 0.4) is 0 Å². The molecule has 0 amide bonds. The standard InChI is InChI=1S/C40H28/c1-2-11-27(12-3-1)29-21-22-31-26-32(24-23-30(31)25-29)39-35-16-6-8-18-37(35)40(38-19-9-7-17-36(38)39)34-20-10-14-28-13-4-5-15-33(28)34/h1-9,11-13,15-26H,10,14H2. The van der Waals surface area contributed by atoms with Crippen molar-refractivity contribution in [1.82, 2.24) is 0 Å². The molecule has 0 heterocycles. The summed E-state index contributed by atoms with van der Waals surface area (Å²) in [4.78, 5) is 0. The van der Waals surface area contributed by atoms with Gasteiger partial charge in [0, 0.05) is 0 Å². The Kier molecular flexibility index (Phi) is 5.38. The molecule has 8 rings (SSSR count). The zero-order valence-corrected chi connectivity index (χ0v) is 22.3. The van der Waals surface area contributed by atoms with Gasteiger partial charge < -0.3 is 0 Å². The van der Waals surface area contributed by atoms with Crippen molar-refractivity contribution in [2.24, 2.45) is 0 Å². The quantitative estimate of drug-likeness (QED) is 0.208. The normalized spacial score (nSPS) is 12.9. The van der Waals surface area contributed by atoms with E-state index < -0.39 is 0 Å². The summed E-state index contributed by atoms with van der Waals surface area (Å²) in [6.07, 6.45) is 4.64. The van der Waals surface area contributed by atoms with Gasteiger partial charge in [0.1, 0.15) is 0 Å². The molecule has 7 aromatic rings. The van der Waals surface area contributed by atoms with Crippen LogP contribution in [0.1, 0.15) is 23.1 Å². The Bertz CT molecular complexity index is 2040. The average Bonchev–Trinajstić information content (AvgIpc) is 3.03. The molecule has 0 saturated carbocycles. The third-order valence-corrected chi connectivity index (χ3v) is 8.51. The molecule has 0 heteroatoms. The van der Waals surface area contributed by atoms with Gasteiger partial charge in [-0.25, -0.2) is 0 Å². The lowest BCUT2D eigenvalue weighted by molar-refractivity contribution is 0.978. The van der Waals surface area contributed by atoms with E-state index in [1.54, 1.807) is 0 Å². The van der Waals surface area contributed by atoms with Crippen molar-refractivity contribution in [2.45, 2.75) is 12.8 Å². The molecule has 0 saturated heterocycles. The summed E-state index contributed by atoms with van der Waals surface area (Å²) in [5, 5.41) is 7.77. The molecular formula is C40H28. The first-order valence-electron chi connectivity index (χ1n) is 14.2. The molecule has 1 aliphatic rings. The monoisotopic (exact) mass is 508 g/mol. The molecule has 0 atom stereocenters. The van der Waals surface area contributed by atoms with Crippen LogP contribution in [-0.2, 0) is 6.42 Å². The second-order valence-corrected chi connectivity index (χ2v) is 10.8. The van der Waals surface area contributed by atoms with Gasteiger partial charge in [-0.15, -0.1) is 0 Å². The van der Waals surface area contributed by atoms with Gasteiger partial charge in [0.15, 0.2) is 0 Å². The molecule has 0 aliphatic heterocycles. The molecule has 0 radical (unpaired) electrons. The summed E-state index contributed by atoms with van der Waals surface area (Å²) in [5.41, 5.74) is 10.6. The Morgan fingerprint density at radius 2 is 0.950 bits per heavy atom. The SMILES string of the molecule is C1=C(c2c3ccccc3c(-c3ccc4cc(-c5ccccc5)ccc4c3)c3ccccc23)c2ccccc2CC1. The number of fused-ring (bicyclic) bond motifs is 4. The van der Waals surface area contributed by atoms with Gasteiger partial charge in [-0.1, -0.05) is 133 Å². The van der Waals surface area contributed by atoms with Gasteiger partial charge in [-0.05, 0) is 102 Å². The lowest BCUT2D eigenvalue weighted by Crippen LogP contribution is -2.02. The van der Waals surface area contributed by atoms with Crippen LogP contribution in [0.15, 0.2) is 146 Å². The van der Waals surface area contributed by atoms with Gasteiger partial charge in [0.2, 0.25) is 0 Å². The number of benzene rings is 7. The molecule has 7 aromatic carbocycles. The molecule has 0 nitrogen and oxygen atoms in total. The number of aryl methyl sites for hydroxylation is 1. The second kappa shape index (κ2) is 9.36. The van der Waals surface area contributed by atoms with E-state index in [9.17, 15) is 0 Å². The summed E-state index contributed by atoms with van der Waals surface area (Å²) in [6.45, 7) is 0. The van der Waals surface area contributed by atoms with E-state index in [1.165, 1.54) is 76.8 Å². The van der Waals surface area contributed by atoms with E-state index in [-0.39, 0.29) is 0 Å². The zero-order chi connectivity index (χ0) is 26.5. The fraction of sp³-hybridized carbons (Fsp3) is 0.0500. The molecule has 0 fully saturated rings. The Labute approximate surface area is 234 Å². The van der Waals surface area contributed by atoms with Crippen LogP contribution in [0.4, 0.5) is 0 Å². The topological polar surface area (TPSA) is 0 Å². The third kappa shape index (κ3) is 3.68. The van der Waals surface area contributed by atoms with E-state index in [0.29, 0.717) is 0 Å². The number of hydrogen-bond donors (Lipinski definition) is 0. The third-order valence-electron chi connectivity index (χ3n) is 8.51. The average molecular weight is 509 g/mol. The largest absolute Gasteiger partial charge is 0.0757 e. The molecule has 40 heavy (non-hydrogen) atoms. The molecule has 0 unspecified atom stereocenters. The van der Waals surface area contributed by atoms with Crippen LogP contribution in [0, 0.1) is 0 Å². The summed E-state index contributed by atoms with van der Waals surface area (Å²) in [7, 11) is 0. The fourth-order valence-electron chi connectivity index (χ4n) is 6.66. The maximum absolute atomic E-state index is 2.45. The van der Waals surface area contributed by atoms with Crippen molar-refractivity contribution in [3.63, 3.8) is 0 Å². The van der Waals surface area contributed by atoms with Gasteiger partial charge in [-0.2, -0.15) is 0 Å². The molecule has 0 bridgehead atoms. The zero-order valence-electron chi connectivity index (χ0n) is 22.3. The lowest BCUT2D eigenvalue weighted by Gasteiger charge is -2.23. The maximum atomic E-state index is 2.45. The molecular weight excluding hydrogens is 480 g/mol. The molecule has 0 aromatic heterocycles. The van der Waals surface area contributed by atoms with Crippen molar-refractivity contribution in [1.29, 1.82) is 0 Å². The highest BCUT2D eigenvalue weighted by Gasteiger charge is 2.21. The summed E-state index contributed by atoms with van der Waals surface area (Å²) >= 11 is 0. The highest BCUT2D eigenvalue weighted by atomic mass is 14.2. The smallest absolute Gasteiger partial charge is 0.00235 e. The van der Waals surface area contributed by atoms with Crippen molar-refractivity contribution >= 4 is 37.9 Å². The van der Waals surface area contributed by atoms with Crippen LogP contribution in [0.2, 0.25) is 0 Å².